The molecular weight excluding hydrogens is 360 g/mol. The minimum Gasteiger partial charge on any atom is -0.505 e. The van der Waals surface area contributed by atoms with Gasteiger partial charge in [-0.25, -0.2) is 0 Å². The molecule has 8 heteroatoms. The van der Waals surface area contributed by atoms with Gasteiger partial charge in [-0.15, -0.1) is 0 Å². The standard InChI is InChI=1S/C20H26N4O4/c1-11-5-7-13(15(21)17(11)25)19(27)23-9-3-4-10-24-20(28)14-8-6-12(2)18(26)16(14)22/h5-8,25-26H,3-4,9-10,21-22H2,1-2H3,(H,23,27)(H,24,28). The molecule has 0 fully saturated rings. The molecule has 0 unspecified atom stereocenters. The molecule has 0 saturated heterocycles. The van der Waals surface area contributed by atoms with Crippen molar-refractivity contribution in [3.05, 3.63) is 46.5 Å². The molecule has 0 bridgehead atoms. The molecule has 0 aliphatic carbocycles. The van der Waals surface area contributed by atoms with Gasteiger partial charge in [-0.1, -0.05) is 12.1 Å². The second-order valence-electron chi connectivity index (χ2n) is 6.60. The number of carbonyl (C=O) groups is 2. The molecule has 8 N–H and O–H groups in total. The van der Waals surface area contributed by atoms with Crippen LogP contribution in [0.5, 0.6) is 11.5 Å². The molecule has 150 valence electrons. The molecule has 0 heterocycles. The van der Waals surface area contributed by atoms with Crippen molar-refractivity contribution >= 4 is 23.2 Å². The lowest BCUT2D eigenvalue weighted by molar-refractivity contribution is 0.0940. The second kappa shape index (κ2) is 8.98. The van der Waals surface area contributed by atoms with Crippen LogP contribution in [0.15, 0.2) is 24.3 Å². The Labute approximate surface area is 163 Å². The van der Waals surface area contributed by atoms with Crippen LogP contribution in [0.1, 0.15) is 44.7 Å². The molecule has 2 rings (SSSR count). The zero-order chi connectivity index (χ0) is 20.8. The second-order valence-corrected chi connectivity index (χ2v) is 6.60. The number of benzene rings is 2. The van der Waals surface area contributed by atoms with Crippen LogP contribution >= 0.6 is 0 Å². The van der Waals surface area contributed by atoms with Crippen molar-refractivity contribution in [1.29, 1.82) is 0 Å². The number of phenols is 2. The first-order valence-electron chi connectivity index (χ1n) is 8.96. The number of hydrogen-bond donors (Lipinski definition) is 6. The first kappa shape index (κ1) is 20.9. The average Bonchev–Trinajstić information content (AvgIpc) is 2.66. The number of rotatable bonds is 7. The maximum Gasteiger partial charge on any atom is 0.253 e. The molecule has 2 aromatic carbocycles. The van der Waals surface area contributed by atoms with Gasteiger partial charge < -0.3 is 32.3 Å². The first-order valence-corrected chi connectivity index (χ1v) is 8.96. The van der Waals surface area contributed by atoms with Gasteiger partial charge in [0, 0.05) is 13.1 Å². The van der Waals surface area contributed by atoms with E-state index in [0.29, 0.717) is 37.1 Å². The Hall–Kier alpha value is -3.42. The highest BCUT2D eigenvalue weighted by Crippen LogP contribution is 2.28. The number of anilines is 2. The fraction of sp³-hybridized carbons (Fsp3) is 0.300. The lowest BCUT2D eigenvalue weighted by Gasteiger charge is -2.11. The van der Waals surface area contributed by atoms with E-state index >= 15 is 0 Å². The van der Waals surface area contributed by atoms with Crippen LogP contribution in [0.25, 0.3) is 0 Å². The number of unbranched alkanes of at least 4 members (excludes halogenated alkanes) is 1. The lowest BCUT2D eigenvalue weighted by Crippen LogP contribution is -2.28. The molecule has 0 spiro atoms. The van der Waals surface area contributed by atoms with Gasteiger partial charge in [0.2, 0.25) is 0 Å². The summed E-state index contributed by atoms with van der Waals surface area (Å²) < 4.78 is 0. The van der Waals surface area contributed by atoms with Crippen LogP contribution in [0.4, 0.5) is 11.4 Å². The van der Waals surface area contributed by atoms with E-state index in [1.807, 2.05) is 0 Å². The SMILES string of the molecule is Cc1ccc(C(=O)NCCCCNC(=O)c2ccc(C)c(O)c2N)c(N)c1O. The average molecular weight is 386 g/mol. The number of nitrogens with two attached hydrogens (primary N) is 2. The number of aryl methyl sites for hydroxylation is 2. The van der Waals surface area contributed by atoms with Gasteiger partial charge >= 0.3 is 0 Å². The molecular formula is C20H26N4O4. The highest BCUT2D eigenvalue weighted by Gasteiger charge is 2.15. The number of phenolic OH excluding ortho intramolecular Hbond substituents is 2. The summed E-state index contributed by atoms with van der Waals surface area (Å²) in [6.45, 7) is 4.20. The molecule has 0 atom stereocenters. The summed E-state index contributed by atoms with van der Waals surface area (Å²) in [5.74, 6) is -0.895. The number of aromatic hydroxyl groups is 2. The number of nitrogens with one attached hydrogen (secondary N) is 2. The Morgan fingerprint density at radius 2 is 1.14 bits per heavy atom. The van der Waals surface area contributed by atoms with Crippen LogP contribution in [-0.4, -0.2) is 35.1 Å². The van der Waals surface area contributed by atoms with Gasteiger partial charge in [-0.2, -0.15) is 0 Å². The normalized spacial score (nSPS) is 10.5. The van der Waals surface area contributed by atoms with Crippen molar-refractivity contribution in [1.82, 2.24) is 10.6 Å². The number of carbonyl (C=O) groups excluding carboxylic acids is 2. The smallest absolute Gasteiger partial charge is 0.253 e. The minimum absolute atomic E-state index is 0.0590. The van der Waals surface area contributed by atoms with E-state index < -0.39 is 0 Å². The lowest BCUT2D eigenvalue weighted by atomic mass is 10.1. The molecule has 8 nitrogen and oxygen atoms in total. The third-order valence-electron chi connectivity index (χ3n) is 4.50. The Balaban J connectivity index is 1.75. The van der Waals surface area contributed by atoms with E-state index in [-0.39, 0.29) is 45.8 Å². The maximum absolute atomic E-state index is 12.1. The van der Waals surface area contributed by atoms with Crippen molar-refractivity contribution < 1.29 is 19.8 Å². The van der Waals surface area contributed by atoms with E-state index in [9.17, 15) is 19.8 Å². The zero-order valence-electron chi connectivity index (χ0n) is 16.0. The molecule has 0 aromatic heterocycles. The number of hydrogen-bond acceptors (Lipinski definition) is 6. The maximum atomic E-state index is 12.1. The summed E-state index contributed by atoms with van der Waals surface area (Å²) in [5.41, 5.74) is 13.3. The van der Waals surface area contributed by atoms with Crippen LogP contribution in [0.3, 0.4) is 0 Å². The third kappa shape index (κ3) is 4.64. The van der Waals surface area contributed by atoms with Crippen LogP contribution in [-0.2, 0) is 0 Å². The summed E-state index contributed by atoms with van der Waals surface area (Å²) >= 11 is 0. The van der Waals surface area contributed by atoms with Gasteiger partial charge in [0.1, 0.15) is 11.5 Å². The summed E-state index contributed by atoms with van der Waals surface area (Å²) in [5, 5.41) is 25.1. The van der Waals surface area contributed by atoms with Crippen molar-refractivity contribution in [3.8, 4) is 11.5 Å². The van der Waals surface area contributed by atoms with Gasteiger partial charge in [0.05, 0.1) is 22.5 Å². The topological polar surface area (TPSA) is 151 Å². The van der Waals surface area contributed by atoms with Crippen molar-refractivity contribution in [2.24, 2.45) is 0 Å². The monoisotopic (exact) mass is 386 g/mol. The Morgan fingerprint density at radius 3 is 1.50 bits per heavy atom. The van der Waals surface area contributed by atoms with E-state index in [2.05, 4.69) is 10.6 Å². The van der Waals surface area contributed by atoms with Gasteiger partial charge in [0.25, 0.3) is 11.8 Å². The van der Waals surface area contributed by atoms with E-state index in [1.54, 1.807) is 38.1 Å². The highest BCUT2D eigenvalue weighted by molar-refractivity contribution is 6.01. The molecule has 0 aliphatic heterocycles. The first-order chi connectivity index (χ1) is 13.2. The van der Waals surface area contributed by atoms with E-state index in [1.165, 1.54) is 0 Å². The highest BCUT2D eigenvalue weighted by atomic mass is 16.3. The summed E-state index contributed by atoms with van der Waals surface area (Å²) in [6, 6.07) is 6.40. The van der Waals surface area contributed by atoms with Crippen molar-refractivity contribution in [2.75, 3.05) is 24.6 Å². The van der Waals surface area contributed by atoms with Crippen LogP contribution in [0, 0.1) is 13.8 Å². The fourth-order valence-corrected chi connectivity index (χ4v) is 2.67. The molecule has 0 saturated carbocycles. The van der Waals surface area contributed by atoms with Gasteiger partial charge in [0.15, 0.2) is 0 Å². The van der Waals surface area contributed by atoms with Gasteiger partial charge in [-0.3, -0.25) is 9.59 Å². The molecule has 2 aromatic rings. The quantitative estimate of drug-likeness (QED) is 0.243. The predicted molar refractivity (Wildman–Crippen MR) is 108 cm³/mol. The Bertz CT molecular complexity index is 823. The summed E-state index contributed by atoms with van der Waals surface area (Å²) in [7, 11) is 0. The van der Waals surface area contributed by atoms with E-state index in [4.69, 9.17) is 11.5 Å². The molecule has 0 aliphatic rings. The predicted octanol–water partition coefficient (Wildman–Crippen LogP) is 1.82. The summed E-state index contributed by atoms with van der Waals surface area (Å²) in [4.78, 5) is 24.3. The molecule has 2 amide bonds. The Morgan fingerprint density at radius 1 is 0.786 bits per heavy atom. The van der Waals surface area contributed by atoms with Crippen LogP contribution in [0.2, 0.25) is 0 Å². The summed E-state index contributed by atoms with van der Waals surface area (Å²) in [6.07, 6.45) is 1.27. The third-order valence-corrected chi connectivity index (χ3v) is 4.50. The zero-order valence-corrected chi connectivity index (χ0v) is 16.0. The number of amides is 2. The van der Waals surface area contributed by atoms with E-state index in [0.717, 1.165) is 0 Å². The fourth-order valence-electron chi connectivity index (χ4n) is 2.67. The minimum atomic E-state index is -0.361. The molecule has 28 heavy (non-hydrogen) atoms. The van der Waals surface area contributed by atoms with Crippen LogP contribution < -0.4 is 22.1 Å². The Kier molecular flexibility index (Phi) is 6.70. The van der Waals surface area contributed by atoms with Crippen molar-refractivity contribution in [3.63, 3.8) is 0 Å². The van der Waals surface area contributed by atoms with Crippen molar-refractivity contribution in [2.45, 2.75) is 26.7 Å². The largest absolute Gasteiger partial charge is 0.505 e. The molecule has 0 radical (unpaired) electrons. The number of nitrogen functional groups attached to an aromatic ring is 2. The van der Waals surface area contributed by atoms with Gasteiger partial charge in [-0.05, 0) is 49.9 Å².